The van der Waals surface area contributed by atoms with Gasteiger partial charge in [-0.05, 0) is 125 Å². The van der Waals surface area contributed by atoms with Crippen LogP contribution in [0.4, 0.5) is 107 Å². The van der Waals surface area contributed by atoms with Gasteiger partial charge in [-0.1, -0.05) is 36.4 Å². The number of aromatic nitrogens is 18. The number of hydrogen-bond donors (Lipinski definition) is 25. The normalized spacial score (nSPS) is 10.3. The highest BCUT2D eigenvalue weighted by Gasteiger charge is 2.16. The number of phenols is 12. The van der Waals surface area contributed by atoms with Crippen LogP contribution in [0, 0.1) is 0 Å². The lowest BCUT2D eigenvalue weighted by Gasteiger charge is -2.17. The summed E-state index contributed by atoms with van der Waals surface area (Å²) in [6.45, 7) is 2.87. The molecule has 12 aromatic rings. The van der Waals surface area contributed by atoms with Gasteiger partial charge in [-0.2, -0.15) is 89.7 Å². The molecule has 48 nitrogen and oxygen atoms in total. The van der Waals surface area contributed by atoms with Gasteiger partial charge in [-0.15, -0.1) is 0 Å². The van der Waals surface area contributed by atoms with Crippen LogP contribution in [0.25, 0.3) is 0 Å². The van der Waals surface area contributed by atoms with Crippen molar-refractivity contribution in [1.82, 2.24) is 89.7 Å². The molecule has 0 amide bonds. The molecule has 0 aliphatic rings. The van der Waals surface area contributed by atoms with Gasteiger partial charge in [0.1, 0.15) is 0 Å². The molecule has 0 saturated carbocycles. The quantitative estimate of drug-likeness (QED) is 0.0328. The van der Waals surface area contributed by atoms with Crippen molar-refractivity contribution >= 4 is 107 Å². The molecule has 0 aliphatic carbocycles. The van der Waals surface area contributed by atoms with E-state index in [-0.39, 0.29) is 105 Å². The molecular weight excluding hydrogens is 1590 g/mol. The maximum atomic E-state index is 9.50. The van der Waals surface area contributed by atoms with Crippen LogP contribution in [0.5, 0.6) is 69.0 Å². The summed E-state index contributed by atoms with van der Waals surface area (Å²) in [6, 6.07) is 27.8. The number of nitrogens with zero attached hydrogens (tertiary/aromatic N) is 23. The fraction of sp³-hybridized carbons (Fsp3) is 0.270. The molecule has 6 aromatic heterocycles. The van der Waals surface area contributed by atoms with Crippen molar-refractivity contribution in [3.05, 3.63) is 143 Å². The fourth-order valence-electron chi connectivity index (χ4n) is 9.68. The minimum absolute atomic E-state index is 0.0530. The van der Waals surface area contributed by atoms with E-state index in [1.807, 2.05) is 42.3 Å². The third kappa shape index (κ3) is 30.2. The number of hydrogen-bond acceptors (Lipinski definition) is 48. The molecule has 0 bridgehead atoms. The molecule has 0 saturated heterocycles. The van der Waals surface area contributed by atoms with Gasteiger partial charge in [0.25, 0.3) is 0 Å². The Morgan fingerprint density at radius 3 is 0.803 bits per heavy atom. The van der Waals surface area contributed by atoms with Crippen LogP contribution in [0.1, 0.15) is 33.4 Å². The highest BCUT2D eigenvalue weighted by Crippen LogP contribution is 2.31. The lowest BCUT2D eigenvalue weighted by Crippen LogP contribution is -2.23. The molecular formula is C74H100N36O12. The maximum Gasteiger partial charge on any atom is 0.231 e. The molecule has 0 atom stereocenters. The maximum absolute atomic E-state index is 9.50. The van der Waals surface area contributed by atoms with Crippen molar-refractivity contribution in [2.45, 2.75) is 38.9 Å². The first-order chi connectivity index (χ1) is 57.9. The number of likely N-dealkylation sites (N-methyl/N-ethyl adjacent to an activating group) is 1. The summed E-state index contributed by atoms with van der Waals surface area (Å²) < 4.78 is 0. The Morgan fingerprint density at radius 1 is 0.238 bits per heavy atom. The van der Waals surface area contributed by atoms with E-state index in [1.165, 1.54) is 72.8 Å². The predicted molar refractivity (Wildman–Crippen MR) is 464 cm³/mol. The third-order valence-corrected chi connectivity index (χ3v) is 16.0. The summed E-state index contributed by atoms with van der Waals surface area (Å²) in [4.78, 5) is 81.7. The molecule has 0 spiro atoms. The fourth-order valence-corrected chi connectivity index (χ4v) is 9.68. The average molecular weight is 1690 g/mol. The first kappa shape index (κ1) is 92.6. The summed E-state index contributed by atoms with van der Waals surface area (Å²) in [5, 5.41) is 133. The van der Waals surface area contributed by atoms with Gasteiger partial charge >= 0.3 is 0 Å². The first-order valence-corrected chi connectivity index (χ1v) is 36.5. The molecule has 6 heterocycles. The topological polar surface area (TPSA) is 731 Å². The average Bonchev–Trinajstić information content (AvgIpc) is 0.845. The number of aromatic hydroxyl groups is 12. The van der Waals surface area contributed by atoms with Crippen LogP contribution in [0.15, 0.2) is 109 Å². The Morgan fingerprint density at radius 2 is 0.467 bits per heavy atom. The molecule has 31 N–H and O–H groups in total. The highest BCUT2D eigenvalue weighted by atomic mass is 16.3. The summed E-state index contributed by atoms with van der Waals surface area (Å²) in [6.07, 6.45) is 1.88. The Balaban J connectivity index is 0.000000202. The Bertz CT molecular complexity index is 5350. The lowest BCUT2D eigenvalue weighted by molar-refractivity contribution is 0.403. The number of nitrogens with two attached hydrogens (primary N) is 6. The van der Waals surface area contributed by atoms with Gasteiger partial charge in [0, 0.05) is 117 Å². The van der Waals surface area contributed by atoms with Crippen molar-refractivity contribution in [3.8, 4) is 69.0 Å². The minimum atomic E-state index is -0.173. The zero-order chi connectivity index (χ0) is 89.4. The second kappa shape index (κ2) is 44.5. The van der Waals surface area contributed by atoms with Gasteiger partial charge in [0.2, 0.25) is 107 Å². The Kier molecular flexibility index (Phi) is 33.7. The van der Waals surface area contributed by atoms with Crippen LogP contribution in [0.2, 0.25) is 0 Å². The highest BCUT2D eigenvalue weighted by molar-refractivity contribution is 5.51. The largest absolute Gasteiger partial charge is 0.504 e. The second-order valence-corrected chi connectivity index (χ2v) is 26.5. The van der Waals surface area contributed by atoms with E-state index in [1.54, 1.807) is 96.1 Å². The van der Waals surface area contributed by atoms with E-state index in [2.05, 4.69) is 127 Å². The molecule has 6 aromatic carbocycles. The standard InChI is InChI=1S/C14H20N6O2.C13H18N6O2.3C12H16N6O2.C11H14N6O2/c1-19(2)13-16-12(17-14(18-13)20(3)4)15-8-9-5-6-10(21)11(22)7-9;1-14-11-16-12(18-13(17-11)19(2)3)15-7-8-4-5-9(20)10(21)6-8;1-18(2)12-16-10(13)15-11(17-12)14-6-7-3-4-8(19)9(20)5-7;1-18(12-16-10(13)15-11(14)17-12)5-4-7-2-3-8(19)9(20)6-7;1-14-11-16-10(13)17-12(18-11)15-5-4-7-2-3-8(19)9(20)6-7;12-9-15-10(13)17-11(16-9)14-4-3-6-1-2-7(18)8(19)5-6/h5-7,21-22H,8H2,1-4H3,(H,15,16,17,18);4-6,20-21H,7H2,1-3H3,(H2,14,15,16,17,18);3-5,19-20H,6H2,1-2H3,(H3,13,14,15,16,17);2-3,6,19-20H,4-5H2,1H3,(H4,13,14,15,16,17);2-3,6,19-20H,4-5H2,1H3,(H4,13,14,15,16,17,18);1-2,5,18-19H,3-4H2,(H5,12,13,14,15,16,17). The zero-order valence-corrected chi connectivity index (χ0v) is 68.4. The minimum Gasteiger partial charge on any atom is -0.504 e. The van der Waals surface area contributed by atoms with Crippen LogP contribution >= 0.6 is 0 Å². The third-order valence-electron chi connectivity index (χ3n) is 16.0. The molecule has 0 radical (unpaired) electrons. The number of nitrogen functional groups attached to an aromatic ring is 6. The molecule has 0 unspecified atom stereocenters. The van der Waals surface area contributed by atoms with Gasteiger partial charge in [0.15, 0.2) is 69.0 Å². The lowest BCUT2D eigenvalue weighted by atomic mass is 10.1. The van der Waals surface area contributed by atoms with Crippen molar-refractivity contribution in [2.24, 2.45) is 0 Å². The van der Waals surface area contributed by atoms with Crippen LogP contribution < -0.4 is 96.1 Å². The Labute approximate surface area is 699 Å². The summed E-state index contributed by atoms with van der Waals surface area (Å²) in [5.41, 5.74) is 38.0. The van der Waals surface area contributed by atoms with Gasteiger partial charge in [-0.25, -0.2) is 0 Å². The molecule has 122 heavy (non-hydrogen) atoms. The molecule has 0 aliphatic heterocycles. The van der Waals surface area contributed by atoms with Gasteiger partial charge < -0.3 is 157 Å². The second-order valence-electron chi connectivity index (χ2n) is 26.5. The van der Waals surface area contributed by atoms with Crippen LogP contribution in [0.3, 0.4) is 0 Å². The first-order valence-electron chi connectivity index (χ1n) is 36.5. The van der Waals surface area contributed by atoms with E-state index < -0.39 is 0 Å². The number of benzene rings is 6. The van der Waals surface area contributed by atoms with Crippen molar-refractivity contribution < 1.29 is 61.3 Å². The van der Waals surface area contributed by atoms with Crippen molar-refractivity contribution in [1.29, 1.82) is 0 Å². The molecule has 48 heteroatoms. The molecule has 12 rings (SSSR count). The Hall–Kier alpha value is -16.6. The van der Waals surface area contributed by atoms with Crippen LogP contribution in [-0.4, -0.2) is 248 Å². The van der Waals surface area contributed by atoms with Crippen molar-refractivity contribution in [2.75, 3.05) is 193 Å². The number of nitrogens with one attached hydrogen (secondary N) is 7. The van der Waals surface area contributed by atoms with E-state index in [4.69, 9.17) is 34.4 Å². The van der Waals surface area contributed by atoms with E-state index in [0.29, 0.717) is 130 Å². The van der Waals surface area contributed by atoms with E-state index in [0.717, 1.165) is 33.4 Å². The predicted octanol–water partition coefficient (Wildman–Crippen LogP) is 3.36. The number of anilines is 18. The van der Waals surface area contributed by atoms with Gasteiger partial charge in [0.05, 0.1) is 0 Å². The smallest absolute Gasteiger partial charge is 0.231 e. The summed E-state index contributed by atoms with van der Waals surface area (Å²) in [7, 11) is 19.9. The molecule has 0 fully saturated rings. The molecule has 648 valence electrons. The van der Waals surface area contributed by atoms with Crippen LogP contribution in [-0.2, 0) is 38.9 Å². The van der Waals surface area contributed by atoms with E-state index in [9.17, 15) is 61.3 Å². The number of rotatable bonds is 27. The van der Waals surface area contributed by atoms with E-state index >= 15 is 0 Å². The summed E-state index contributed by atoms with van der Waals surface area (Å²) >= 11 is 0. The monoisotopic (exact) mass is 1680 g/mol. The van der Waals surface area contributed by atoms with Crippen molar-refractivity contribution in [3.63, 3.8) is 0 Å². The SMILES string of the molecule is CN(C)c1nc(N)nc(NCc2ccc(O)c(O)c2)n1.CN(C)c1nc(NCc2ccc(O)c(O)c2)nc(N(C)C)n1.CN(CCc1ccc(O)c(O)c1)c1nc(N)nc(N)n1.CNc1nc(N)nc(NCCc2ccc(O)c(O)c2)n1.CNc1nc(NCc2ccc(O)c(O)c2)nc(N(C)C)n1.Nc1nc(N)nc(NCCc2ccc(O)c(O)c2)n1. The number of phenolic OH excluding ortho intramolecular Hbond substituents is 12. The van der Waals surface area contributed by atoms with Gasteiger partial charge in [-0.3, -0.25) is 0 Å². The zero-order valence-electron chi connectivity index (χ0n) is 68.4. The summed E-state index contributed by atoms with van der Waals surface area (Å²) in [5.74, 6) is 3.94.